The molecule has 1 atom stereocenters. The van der Waals surface area contributed by atoms with Crippen LogP contribution in [0.3, 0.4) is 0 Å². The first-order valence-electron chi connectivity index (χ1n) is 4.88. The molecule has 0 aliphatic rings. The number of nitrogens with one attached hydrogen (secondary N) is 1. The summed E-state index contributed by atoms with van der Waals surface area (Å²) in [6.07, 6.45) is 1.83. The van der Waals surface area contributed by atoms with Crippen LogP contribution in [-0.2, 0) is 9.84 Å². The lowest BCUT2D eigenvalue weighted by Crippen LogP contribution is -2.38. The van der Waals surface area contributed by atoms with E-state index in [4.69, 9.17) is 5.11 Å². The highest BCUT2D eigenvalue weighted by atomic mass is 32.2. The molecule has 0 spiro atoms. The Hall–Kier alpha value is -0.130. The Bertz CT molecular complexity index is 236. The second kappa shape index (κ2) is 6.37. The molecule has 5 heteroatoms. The molecule has 0 amide bonds. The average molecular weight is 223 g/mol. The number of sulfone groups is 1. The van der Waals surface area contributed by atoms with Crippen LogP contribution in [0.2, 0.25) is 0 Å². The van der Waals surface area contributed by atoms with E-state index in [1.165, 1.54) is 6.26 Å². The lowest BCUT2D eigenvalue weighted by atomic mass is 10.1. The molecule has 0 aliphatic carbocycles. The van der Waals surface area contributed by atoms with Crippen LogP contribution >= 0.6 is 0 Å². The standard InChI is InChI=1S/C9H21NO3S/c1-8(2)9(7-11)10-5-4-6-14(3,12)13/h8-11H,4-7H2,1-3H3. The third-order valence-electron chi connectivity index (χ3n) is 2.10. The molecule has 0 saturated carbocycles. The van der Waals surface area contributed by atoms with E-state index in [9.17, 15) is 8.42 Å². The topological polar surface area (TPSA) is 66.4 Å². The zero-order chi connectivity index (χ0) is 11.2. The first-order valence-corrected chi connectivity index (χ1v) is 6.95. The molecule has 0 rings (SSSR count). The molecule has 0 aromatic carbocycles. The minimum absolute atomic E-state index is 0.0644. The second-order valence-electron chi connectivity index (χ2n) is 3.97. The maximum atomic E-state index is 10.8. The summed E-state index contributed by atoms with van der Waals surface area (Å²) in [4.78, 5) is 0. The van der Waals surface area contributed by atoms with Crippen molar-refractivity contribution in [3.8, 4) is 0 Å². The molecule has 0 aromatic heterocycles. The minimum Gasteiger partial charge on any atom is -0.395 e. The molecule has 0 heterocycles. The van der Waals surface area contributed by atoms with Crippen molar-refractivity contribution in [1.29, 1.82) is 0 Å². The maximum Gasteiger partial charge on any atom is 0.147 e. The summed E-state index contributed by atoms with van der Waals surface area (Å²) >= 11 is 0. The van der Waals surface area contributed by atoms with Gasteiger partial charge in [0.1, 0.15) is 9.84 Å². The molecule has 0 bridgehead atoms. The molecule has 0 aromatic rings. The first kappa shape index (κ1) is 13.9. The number of rotatable bonds is 7. The van der Waals surface area contributed by atoms with Gasteiger partial charge in [-0.05, 0) is 18.9 Å². The van der Waals surface area contributed by atoms with Gasteiger partial charge in [0, 0.05) is 12.3 Å². The highest BCUT2D eigenvalue weighted by Crippen LogP contribution is 2.00. The maximum absolute atomic E-state index is 10.8. The number of aliphatic hydroxyl groups is 1. The molecule has 0 saturated heterocycles. The van der Waals surface area contributed by atoms with Crippen LogP contribution in [0.1, 0.15) is 20.3 Å². The van der Waals surface area contributed by atoms with E-state index in [1.807, 2.05) is 13.8 Å². The van der Waals surface area contributed by atoms with Crippen molar-refractivity contribution in [2.75, 3.05) is 25.2 Å². The van der Waals surface area contributed by atoms with Gasteiger partial charge in [0.25, 0.3) is 0 Å². The third kappa shape index (κ3) is 7.29. The predicted octanol–water partition coefficient (Wildman–Crippen LogP) is 0.0276. The molecule has 2 N–H and O–H groups in total. The minimum atomic E-state index is -2.85. The van der Waals surface area contributed by atoms with Gasteiger partial charge >= 0.3 is 0 Å². The van der Waals surface area contributed by atoms with Crippen LogP contribution in [0.4, 0.5) is 0 Å². The van der Waals surface area contributed by atoms with Crippen LogP contribution < -0.4 is 5.32 Å². The van der Waals surface area contributed by atoms with E-state index >= 15 is 0 Å². The van der Waals surface area contributed by atoms with Gasteiger partial charge in [-0.3, -0.25) is 0 Å². The van der Waals surface area contributed by atoms with Crippen molar-refractivity contribution in [1.82, 2.24) is 5.32 Å². The van der Waals surface area contributed by atoms with E-state index < -0.39 is 9.84 Å². The Labute approximate surface area is 86.6 Å². The van der Waals surface area contributed by atoms with Gasteiger partial charge in [0.05, 0.1) is 12.4 Å². The summed E-state index contributed by atoms with van der Waals surface area (Å²) in [5, 5.41) is 12.1. The van der Waals surface area contributed by atoms with Crippen molar-refractivity contribution < 1.29 is 13.5 Å². The Morgan fingerprint density at radius 1 is 1.36 bits per heavy atom. The van der Waals surface area contributed by atoms with Gasteiger partial charge in [0.2, 0.25) is 0 Å². The average Bonchev–Trinajstić information content (AvgIpc) is 2.01. The molecule has 14 heavy (non-hydrogen) atoms. The Morgan fingerprint density at radius 2 is 1.93 bits per heavy atom. The zero-order valence-electron chi connectivity index (χ0n) is 9.16. The van der Waals surface area contributed by atoms with E-state index in [0.717, 1.165) is 0 Å². The van der Waals surface area contributed by atoms with Gasteiger partial charge in [-0.2, -0.15) is 0 Å². The SMILES string of the molecule is CC(C)C(CO)NCCCS(C)(=O)=O. The normalized spacial score (nSPS) is 14.6. The first-order chi connectivity index (χ1) is 6.37. The zero-order valence-corrected chi connectivity index (χ0v) is 9.97. The summed E-state index contributed by atoms with van der Waals surface area (Å²) in [7, 11) is -2.85. The molecule has 4 nitrogen and oxygen atoms in total. The molecule has 1 unspecified atom stereocenters. The van der Waals surface area contributed by atoms with Crippen molar-refractivity contribution in [2.24, 2.45) is 5.92 Å². The Kier molecular flexibility index (Phi) is 6.31. The van der Waals surface area contributed by atoms with Gasteiger partial charge in [-0.15, -0.1) is 0 Å². The molecular formula is C9H21NO3S. The third-order valence-corrected chi connectivity index (χ3v) is 3.13. The smallest absolute Gasteiger partial charge is 0.147 e. The fourth-order valence-corrected chi connectivity index (χ4v) is 1.80. The number of hydrogen-bond acceptors (Lipinski definition) is 4. The quantitative estimate of drug-likeness (QED) is 0.598. The molecule has 0 aliphatic heterocycles. The monoisotopic (exact) mass is 223 g/mol. The van der Waals surface area contributed by atoms with Crippen LogP contribution in [0.15, 0.2) is 0 Å². The molecular weight excluding hydrogens is 202 g/mol. The molecule has 86 valence electrons. The Balaban J connectivity index is 3.63. The lowest BCUT2D eigenvalue weighted by Gasteiger charge is -2.19. The fourth-order valence-electron chi connectivity index (χ4n) is 1.13. The largest absolute Gasteiger partial charge is 0.395 e. The van der Waals surface area contributed by atoms with Crippen molar-refractivity contribution in [3.05, 3.63) is 0 Å². The van der Waals surface area contributed by atoms with Crippen LogP contribution in [0, 0.1) is 5.92 Å². The summed E-state index contributed by atoms with van der Waals surface area (Å²) < 4.78 is 21.6. The molecule has 0 radical (unpaired) electrons. The van der Waals surface area contributed by atoms with Crippen LogP contribution in [-0.4, -0.2) is 44.7 Å². The molecule has 0 fully saturated rings. The second-order valence-corrected chi connectivity index (χ2v) is 6.23. The van der Waals surface area contributed by atoms with Crippen molar-refractivity contribution in [2.45, 2.75) is 26.3 Å². The number of hydrogen-bond donors (Lipinski definition) is 2. The van der Waals surface area contributed by atoms with E-state index in [1.54, 1.807) is 0 Å². The van der Waals surface area contributed by atoms with Crippen LogP contribution in [0.5, 0.6) is 0 Å². The lowest BCUT2D eigenvalue weighted by molar-refractivity contribution is 0.211. The Morgan fingerprint density at radius 3 is 2.29 bits per heavy atom. The van der Waals surface area contributed by atoms with Crippen molar-refractivity contribution in [3.63, 3.8) is 0 Å². The summed E-state index contributed by atoms with van der Waals surface area (Å²) in [5.41, 5.74) is 0. The summed E-state index contributed by atoms with van der Waals surface area (Å²) in [6, 6.07) is 0.0644. The van der Waals surface area contributed by atoms with E-state index in [-0.39, 0.29) is 18.4 Å². The number of aliphatic hydroxyl groups excluding tert-OH is 1. The highest BCUT2D eigenvalue weighted by molar-refractivity contribution is 7.90. The predicted molar refractivity (Wildman–Crippen MR) is 58.0 cm³/mol. The van der Waals surface area contributed by atoms with Crippen LogP contribution in [0.25, 0.3) is 0 Å². The van der Waals surface area contributed by atoms with Gasteiger partial charge in [-0.1, -0.05) is 13.8 Å². The summed E-state index contributed by atoms with van der Waals surface area (Å²) in [5.74, 6) is 0.564. The van der Waals surface area contributed by atoms with Gasteiger partial charge in [-0.25, -0.2) is 8.42 Å². The fraction of sp³-hybridized carbons (Fsp3) is 1.00. The van der Waals surface area contributed by atoms with Gasteiger partial charge in [0.15, 0.2) is 0 Å². The highest BCUT2D eigenvalue weighted by Gasteiger charge is 2.10. The van der Waals surface area contributed by atoms with Gasteiger partial charge < -0.3 is 10.4 Å². The van der Waals surface area contributed by atoms with E-state index in [0.29, 0.717) is 18.9 Å². The van der Waals surface area contributed by atoms with E-state index in [2.05, 4.69) is 5.32 Å². The van der Waals surface area contributed by atoms with Crippen molar-refractivity contribution >= 4 is 9.84 Å². The summed E-state index contributed by atoms with van der Waals surface area (Å²) in [6.45, 7) is 4.77.